The number of amides is 1. The van der Waals surface area contributed by atoms with Gasteiger partial charge in [-0.15, -0.1) is 0 Å². The van der Waals surface area contributed by atoms with Gasteiger partial charge in [-0.25, -0.2) is 0 Å². The van der Waals surface area contributed by atoms with E-state index in [0.717, 1.165) is 5.56 Å². The number of benzene rings is 2. The first-order chi connectivity index (χ1) is 11.0. The van der Waals surface area contributed by atoms with Gasteiger partial charge in [-0.05, 0) is 53.2 Å². The molecule has 1 amide bonds. The molecule has 0 radical (unpaired) electrons. The fourth-order valence-corrected chi connectivity index (χ4v) is 2.66. The van der Waals surface area contributed by atoms with Crippen molar-refractivity contribution >= 4 is 39.4 Å². The van der Waals surface area contributed by atoms with E-state index < -0.39 is 5.97 Å². The third kappa shape index (κ3) is 5.37. The molecule has 2 aromatic carbocycles. The number of hydrogen-bond donors (Lipinski definition) is 1. The molecule has 1 N–H and O–H groups in total. The SMILES string of the molecule is Cc1cccc(C(=O)NCCC(=O)Oc2ccc(Cl)cc2Br)c1. The maximum absolute atomic E-state index is 11.9. The lowest BCUT2D eigenvalue weighted by atomic mass is 10.1. The maximum atomic E-state index is 11.9. The normalized spacial score (nSPS) is 10.2. The predicted molar refractivity (Wildman–Crippen MR) is 92.9 cm³/mol. The minimum atomic E-state index is -0.433. The van der Waals surface area contributed by atoms with Gasteiger partial charge in [0, 0.05) is 17.1 Å². The van der Waals surface area contributed by atoms with Crippen LogP contribution in [0.25, 0.3) is 0 Å². The van der Waals surface area contributed by atoms with E-state index in [2.05, 4.69) is 21.2 Å². The Morgan fingerprint density at radius 2 is 2.00 bits per heavy atom. The molecule has 23 heavy (non-hydrogen) atoms. The van der Waals surface area contributed by atoms with Crippen molar-refractivity contribution in [3.8, 4) is 5.75 Å². The molecule has 0 heterocycles. The smallest absolute Gasteiger partial charge is 0.313 e. The van der Waals surface area contributed by atoms with E-state index in [-0.39, 0.29) is 18.9 Å². The molecule has 6 heteroatoms. The Kier molecular flexibility index (Phi) is 6.19. The van der Waals surface area contributed by atoms with Crippen molar-refractivity contribution in [1.29, 1.82) is 0 Å². The van der Waals surface area contributed by atoms with Crippen molar-refractivity contribution in [2.75, 3.05) is 6.54 Å². The zero-order valence-corrected chi connectivity index (χ0v) is 14.8. The molecule has 0 aromatic heterocycles. The van der Waals surface area contributed by atoms with E-state index in [9.17, 15) is 9.59 Å². The first-order valence-corrected chi connectivity index (χ1v) is 8.13. The standard InChI is InChI=1S/C17H15BrClNO3/c1-11-3-2-4-12(9-11)17(22)20-8-7-16(21)23-15-6-5-13(19)10-14(15)18/h2-6,9-10H,7-8H2,1H3,(H,20,22). The second kappa shape index (κ2) is 8.13. The fraction of sp³-hybridized carbons (Fsp3) is 0.176. The van der Waals surface area contributed by atoms with Crippen LogP contribution in [0, 0.1) is 6.92 Å². The highest BCUT2D eigenvalue weighted by atomic mass is 79.9. The van der Waals surface area contributed by atoms with E-state index >= 15 is 0 Å². The van der Waals surface area contributed by atoms with E-state index in [1.54, 1.807) is 30.3 Å². The van der Waals surface area contributed by atoms with Crippen LogP contribution in [0.4, 0.5) is 0 Å². The van der Waals surface area contributed by atoms with Crippen molar-refractivity contribution < 1.29 is 14.3 Å². The number of nitrogens with one attached hydrogen (secondary N) is 1. The topological polar surface area (TPSA) is 55.4 Å². The molecule has 0 aliphatic rings. The summed E-state index contributed by atoms with van der Waals surface area (Å²) in [6.07, 6.45) is 0.0760. The zero-order chi connectivity index (χ0) is 16.8. The highest BCUT2D eigenvalue weighted by molar-refractivity contribution is 9.10. The van der Waals surface area contributed by atoms with Gasteiger partial charge in [-0.2, -0.15) is 0 Å². The third-order valence-corrected chi connectivity index (χ3v) is 3.87. The van der Waals surface area contributed by atoms with E-state index in [0.29, 0.717) is 20.8 Å². The van der Waals surface area contributed by atoms with E-state index in [1.807, 2.05) is 19.1 Å². The van der Waals surface area contributed by atoms with Crippen LogP contribution in [0.1, 0.15) is 22.3 Å². The average Bonchev–Trinajstić information content (AvgIpc) is 2.50. The Bertz CT molecular complexity index is 734. The molecule has 0 aliphatic carbocycles. The third-order valence-electron chi connectivity index (χ3n) is 3.01. The van der Waals surface area contributed by atoms with Crippen LogP contribution in [-0.2, 0) is 4.79 Å². The Balaban J connectivity index is 1.81. The molecule has 2 rings (SSSR count). The van der Waals surface area contributed by atoms with Gasteiger partial charge >= 0.3 is 5.97 Å². The maximum Gasteiger partial charge on any atom is 0.313 e. The van der Waals surface area contributed by atoms with Crippen molar-refractivity contribution in [2.24, 2.45) is 0 Å². The largest absolute Gasteiger partial charge is 0.425 e. The summed E-state index contributed by atoms with van der Waals surface area (Å²) >= 11 is 9.10. The summed E-state index contributed by atoms with van der Waals surface area (Å²) in [5.74, 6) is -0.254. The molecule has 0 aliphatic heterocycles. The molecule has 0 atom stereocenters. The Morgan fingerprint density at radius 3 is 2.70 bits per heavy atom. The number of carbonyl (C=O) groups excluding carboxylic acids is 2. The van der Waals surface area contributed by atoms with Gasteiger partial charge in [0.25, 0.3) is 5.91 Å². The van der Waals surface area contributed by atoms with Gasteiger partial charge in [-0.3, -0.25) is 9.59 Å². The number of esters is 1. The number of aryl methyl sites for hydroxylation is 1. The zero-order valence-electron chi connectivity index (χ0n) is 12.4. The Hall–Kier alpha value is -1.85. The van der Waals surface area contributed by atoms with Crippen LogP contribution < -0.4 is 10.1 Å². The molecule has 0 bridgehead atoms. The lowest BCUT2D eigenvalue weighted by molar-refractivity contribution is -0.134. The second-order valence-electron chi connectivity index (χ2n) is 4.92. The van der Waals surface area contributed by atoms with E-state index in [1.165, 1.54) is 0 Å². The minimum Gasteiger partial charge on any atom is -0.425 e. The highest BCUT2D eigenvalue weighted by Crippen LogP contribution is 2.28. The summed E-state index contributed by atoms with van der Waals surface area (Å²) in [4.78, 5) is 23.7. The van der Waals surface area contributed by atoms with Crippen LogP contribution in [0.5, 0.6) is 5.75 Å². The monoisotopic (exact) mass is 395 g/mol. The summed E-state index contributed by atoms with van der Waals surface area (Å²) in [5, 5.41) is 3.24. The number of hydrogen-bond acceptors (Lipinski definition) is 3. The average molecular weight is 397 g/mol. The van der Waals surface area contributed by atoms with Crippen LogP contribution in [0.15, 0.2) is 46.9 Å². The summed E-state index contributed by atoms with van der Waals surface area (Å²) in [7, 11) is 0. The summed E-state index contributed by atoms with van der Waals surface area (Å²) in [6, 6.07) is 12.1. The van der Waals surface area contributed by atoms with Gasteiger partial charge in [-0.1, -0.05) is 29.3 Å². The number of ether oxygens (including phenoxy) is 1. The van der Waals surface area contributed by atoms with Crippen LogP contribution in [-0.4, -0.2) is 18.4 Å². The summed E-state index contributed by atoms with van der Waals surface area (Å²) < 4.78 is 5.81. The molecule has 0 spiro atoms. The molecule has 120 valence electrons. The van der Waals surface area contributed by atoms with Crippen LogP contribution in [0.3, 0.4) is 0 Å². The quantitative estimate of drug-likeness (QED) is 0.610. The molecule has 4 nitrogen and oxygen atoms in total. The first kappa shape index (κ1) is 17.5. The first-order valence-electron chi connectivity index (χ1n) is 6.96. The summed E-state index contributed by atoms with van der Waals surface area (Å²) in [5.41, 5.74) is 1.57. The number of halogens is 2. The fourth-order valence-electron chi connectivity index (χ4n) is 1.90. The molecule has 0 saturated heterocycles. The second-order valence-corrected chi connectivity index (χ2v) is 6.21. The van der Waals surface area contributed by atoms with Gasteiger partial charge in [0.2, 0.25) is 0 Å². The lowest BCUT2D eigenvalue weighted by Crippen LogP contribution is -2.27. The Morgan fingerprint density at radius 1 is 1.22 bits per heavy atom. The van der Waals surface area contributed by atoms with E-state index in [4.69, 9.17) is 16.3 Å². The number of rotatable bonds is 5. The van der Waals surface area contributed by atoms with Gasteiger partial charge in [0.05, 0.1) is 10.9 Å². The van der Waals surface area contributed by atoms with Gasteiger partial charge in [0.1, 0.15) is 5.75 Å². The van der Waals surface area contributed by atoms with Crippen molar-refractivity contribution in [3.63, 3.8) is 0 Å². The molecule has 0 fully saturated rings. The molecule has 0 unspecified atom stereocenters. The molecular weight excluding hydrogens is 382 g/mol. The number of carbonyl (C=O) groups is 2. The van der Waals surface area contributed by atoms with Gasteiger partial charge < -0.3 is 10.1 Å². The molecule has 2 aromatic rings. The van der Waals surface area contributed by atoms with Crippen LogP contribution in [0.2, 0.25) is 5.02 Å². The minimum absolute atomic E-state index is 0.0760. The molecular formula is C17H15BrClNO3. The van der Waals surface area contributed by atoms with Crippen molar-refractivity contribution in [1.82, 2.24) is 5.32 Å². The Labute approximate surface area is 147 Å². The molecule has 0 saturated carbocycles. The van der Waals surface area contributed by atoms with Gasteiger partial charge in [0.15, 0.2) is 0 Å². The lowest BCUT2D eigenvalue weighted by Gasteiger charge is -2.08. The van der Waals surface area contributed by atoms with Crippen molar-refractivity contribution in [2.45, 2.75) is 13.3 Å². The predicted octanol–water partition coefficient (Wildman–Crippen LogP) is 4.14. The summed E-state index contributed by atoms with van der Waals surface area (Å²) in [6.45, 7) is 2.12. The van der Waals surface area contributed by atoms with Crippen LogP contribution >= 0.6 is 27.5 Å². The highest BCUT2D eigenvalue weighted by Gasteiger charge is 2.10. The van der Waals surface area contributed by atoms with Crippen molar-refractivity contribution in [3.05, 3.63) is 63.1 Å².